The zero-order valence-electron chi connectivity index (χ0n) is 5.17. The molecule has 0 radical (unpaired) electrons. The SMILES string of the molecule is CSSN(C)C(C)=O. The van der Waals surface area contributed by atoms with Crippen LogP contribution in [0.5, 0.6) is 0 Å². The van der Waals surface area contributed by atoms with Crippen LogP contribution >= 0.6 is 21.8 Å². The monoisotopic (exact) mass is 151 g/mol. The number of rotatable bonds is 2. The molecule has 0 unspecified atom stereocenters. The smallest absolute Gasteiger partial charge is 0.229 e. The van der Waals surface area contributed by atoms with Crippen LogP contribution in [0.25, 0.3) is 0 Å². The van der Waals surface area contributed by atoms with Gasteiger partial charge in [0.05, 0.1) is 0 Å². The normalized spacial score (nSPS) is 8.88. The summed E-state index contributed by atoms with van der Waals surface area (Å²) in [6.45, 7) is 1.54. The van der Waals surface area contributed by atoms with Crippen LogP contribution in [0, 0.1) is 0 Å². The summed E-state index contributed by atoms with van der Waals surface area (Å²) in [5.41, 5.74) is 0. The van der Waals surface area contributed by atoms with Gasteiger partial charge >= 0.3 is 0 Å². The number of carbonyl (C=O) groups excluding carboxylic acids is 1. The minimum absolute atomic E-state index is 0.0874. The fourth-order valence-corrected chi connectivity index (χ4v) is 1.48. The lowest BCUT2D eigenvalue weighted by Crippen LogP contribution is -2.13. The molecule has 0 aromatic heterocycles. The summed E-state index contributed by atoms with van der Waals surface area (Å²) in [4.78, 5) is 10.4. The third-order valence-electron chi connectivity index (χ3n) is 0.630. The summed E-state index contributed by atoms with van der Waals surface area (Å²) in [6.07, 6.45) is 1.93. The average molecular weight is 151 g/mol. The molecule has 2 nitrogen and oxygen atoms in total. The summed E-state index contributed by atoms with van der Waals surface area (Å²) in [6, 6.07) is 0. The Kier molecular flexibility index (Phi) is 4.18. The molecular formula is C4H9NOS2. The molecule has 0 saturated carbocycles. The van der Waals surface area contributed by atoms with E-state index in [1.54, 1.807) is 29.1 Å². The molecule has 0 saturated heterocycles. The van der Waals surface area contributed by atoms with Gasteiger partial charge in [-0.15, -0.1) is 0 Å². The Morgan fingerprint density at radius 3 is 2.25 bits per heavy atom. The lowest BCUT2D eigenvalue weighted by Gasteiger charge is -2.08. The number of carbonyl (C=O) groups is 1. The van der Waals surface area contributed by atoms with Crippen molar-refractivity contribution in [3.63, 3.8) is 0 Å². The van der Waals surface area contributed by atoms with E-state index in [1.165, 1.54) is 11.0 Å². The van der Waals surface area contributed by atoms with Crippen LogP contribution in [0.4, 0.5) is 0 Å². The molecule has 0 fully saturated rings. The maximum absolute atomic E-state index is 10.4. The summed E-state index contributed by atoms with van der Waals surface area (Å²) in [5.74, 6) is 0.0874. The van der Waals surface area contributed by atoms with Crippen LogP contribution in [0.15, 0.2) is 0 Å². The first-order valence-corrected chi connectivity index (χ1v) is 4.65. The van der Waals surface area contributed by atoms with Crippen molar-refractivity contribution in [2.75, 3.05) is 13.3 Å². The van der Waals surface area contributed by atoms with E-state index in [0.29, 0.717) is 0 Å². The summed E-state index contributed by atoms with van der Waals surface area (Å²) in [7, 11) is 4.75. The second-order valence-corrected chi connectivity index (χ2v) is 3.74. The second kappa shape index (κ2) is 4.09. The molecule has 0 rings (SSSR count). The molecule has 0 atom stereocenters. The number of hydrogen-bond acceptors (Lipinski definition) is 3. The minimum atomic E-state index is 0.0874. The molecule has 0 spiro atoms. The Bertz CT molecular complexity index is 86.1. The highest BCUT2D eigenvalue weighted by atomic mass is 33.1. The van der Waals surface area contributed by atoms with Gasteiger partial charge < -0.3 is 0 Å². The fourth-order valence-electron chi connectivity index (χ4n) is 0.164. The van der Waals surface area contributed by atoms with Gasteiger partial charge in [0.2, 0.25) is 5.91 Å². The van der Waals surface area contributed by atoms with Crippen LogP contribution in [0.1, 0.15) is 6.92 Å². The van der Waals surface area contributed by atoms with E-state index in [1.807, 2.05) is 6.26 Å². The number of nitrogens with zero attached hydrogens (tertiary/aromatic N) is 1. The van der Waals surface area contributed by atoms with Crippen molar-refractivity contribution in [3.8, 4) is 0 Å². The van der Waals surface area contributed by atoms with Crippen molar-refractivity contribution >= 4 is 27.7 Å². The molecule has 0 aliphatic carbocycles. The predicted octanol–water partition coefficient (Wildman–Crippen LogP) is 1.39. The van der Waals surface area contributed by atoms with Crippen molar-refractivity contribution in [3.05, 3.63) is 0 Å². The molecule has 0 aliphatic heterocycles. The highest BCUT2D eigenvalue weighted by molar-refractivity contribution is 8.75. The highest BCUT2D eigenvalue weighted by Crippen LogP contribution is 2.19. The molecule has 0 aromatic carbocycles. The van der Waals surface area contributed by atoms with E-state index in [9.17, 15) is 4.79 Å². The molecule has 0 heterocycles. The molecule has 0 N–H and O–H groups in total. The molecule has 0 aliphatic rings. The van der Waals surface area contributed by atoms with Gasteiger partial charge in [-0.2, -0.15) is 0 Å². The van der Waals surface area contributed by atoms with Crippen molar-refractivity contribution in [2.24, 2.45) is 0 Å². The second-order valence-electron chi connectivity index (χ2n) is 1.26. The van der Waals surface area contributed by atoms with E-state index in [2.05, 4.69) is 0 Å². The lowest BCUT2D eigenvalue weighted by atomic mass is 10.7. The zero-order chi connectivity index (χ0) is 6.57. The maximum Gasteiger partial charge on any atom is 0.229 e. The van der Waals surface area contributed by atoms with E-state index in [0.717, 1.165) is 0 Å². The van der Waals surface area contributed by atoms with Crippen molar-refractivity contribution in [2.45, 2.75) is 6.92 Å². The van der Waals surface area contributed by atoms with Gasteiger partial charge in [0.1, 0.15) is 0 Å². The molecular weight excluding hydrogens is 142 g/mol. The quantitative estimate of drug-likeness (QED) is 0.439. The molecule has 4 heteroatoms. The number of hydrogen-bond donors (Lipinski definition) is 0. The Balaban J connectivity index is 3.32. The largest absolute Gasteiger partial charge is 0.281 e. The van der Waals surface area contributed by atoms with Crippen molar-refractivity contribution < 1.29 is 4.79 Å². The summed E-state index contributed by atoms with van der Waals surface area (Å²) < 4.78 is 1.59. The average Bonchev–Trinajstić information content (AvgIpc) is 1.67. The van der Waals surface area contributed by atoms with Crippen molar-refractivity contribution in [1.82, 2.24) is 4.31 Å². The van der Waals surface area contributed by atoms with Gasteiger partial charge in [-0.3, -0.25) is 9.10 Å². The van der Waals surface area contributed by atoms with E-state index < -0.39 is 0 Å². The van der Waals surface area contributed by atoms with Crippen LogP contribution in [-0.2, 0) is 4.79 Å². The lowest BCUT2D eigenvalue weighted by molar-refractivity contribution is -0.122. The Hall–Kier alpha value is 0.170. The fraction of sp³-hybridized carbons (Fsp3) is 0.750. The molecule has 8 heavy (non-hydrogen) atoms. The van der Waals surface area contributed by atoms with Crippen LogP contribution in [0.3, 0.4) is 0 Å². The van der Waals surface area contributed by atoms with Gasteiger partial charge in [0.25, 0.3) is 0 Å². The van der Waals surface area contributed by atoms with E-state index >= 15 is 0 Å². The number of amides is 1. The van der Waals surface area contributed by atoms with E-state index in [4.69, 9.17) is 0 Å². The van der Waals surface area contributed by atoms with E-state index in [-0.39, 0.29) is 5.91 Å². The Morgan fingerprint density at radius 2 is 2.12 bits per heavy atom. The summed E-state index contributed by atoms with van der Waals surface area (Å²) in [5, 5.41) is 0. The Morgan fingerprint density at radius 1 is 1.62 bits per heavy atom. The third-order valence-corrected chi connectivity index (χ3v) is 2.38. The van der Waals surface area contributed by atoms with Crippen molar-refractivity contribution in [1.29, 1.82) is 0 Å². The maximum atomic E-state index is 10.4. The Labute approximate surface area is 57.5 Å². The first kappa shape index (κ1) is 8.17. The first-order valence-electron chi connectivity index (χ1n) is 2.13. The molecule has 0 aromatic rings. The minimum Gasteiger partial charge on any atom is -0.281 e. The van der Waals surface area contributed by atoms with Gasteiger partial charge in [0, 0.05) is 25.0 Å². The first-order chi connectivity index (χ1) is 3.68. The standard InChI is InChI=1S/C4H9NOS2/c1-4(6)5(2)8-7-3/h1-3H3. The molecule has 48 valence electrons. The zero-order valence-corrected chi connectivity index (χ0v) is 6.80. The van der Waals surface area contributed by atoms with Crippen LogP contribution in [0.2, 0.25) is 0 Å². The van der Waals surface area contributed by atoms with Gasteiger partial charge in [0.15, 0.2) is 0 Å². The third kappa shape index (κ3) is 3.21. The predicted molar refractivity (Wildman–Crippen MR) is 39.6 cm³/mol. The van der Waals surface area contributed by atoms with Gasteiger partial charge in [-0.05, 0) is 6.26 Å². The van der Waals surface area contributed by atoms with Crippen LogP contribution in [-0.4, -0.2) is 23.5 Å². The highest BCUT2D eigenvalue weighted by Gasteiger charge is 1.98. The summed E-state index contributed by atoms with van der Waals surface area (Å²) >= 11 is 0. The van der Waals surface area contributed by atoms with Crippen LogP contribution < -0.4 is 0 Å². The van der Waals surface area contributed by atoms with Gasteiger partial charge in [-0.1, -0.05) is 10.8 Å². The van der Waals surface area contributed by atoms with Gasteiger partial charge in [-0.25, -0.2) is 0 Å². The topological polar surface area (TPSA) is 20.3 Å². The molecule has 0 bridgehead atoms. The molecule has 1 amide bonds.